The number of piperidine rings is 1. The molecule has 3 rings (SSSR count). The van der Waals surface area contributed by atoms with Crippen LogP contribution < -0.4 is 25.0 Å². The lowest BCUT2D eigenvalue weighted by Gasteiger charge is -2.33. The molecule has 7 heteroatoms. The lowest BCUT2D eigenvalue weighted by atomic mass is 9.98. The Hall–Kier alpha value is -2.80. The van der Waals surface area contributed by atoms with Crippen LogP contribution in [0, 0.1) is 5.92 Å². The van der Waals surface area contributed by atoms with Crippen molar-refractivity contribution >= 4 is 34.6 Å². The standard InChI is InChI=1S/C22H27N3O3S/c1-15-10-12-25(13-11-15)18-7-5-4-6-17(18)23-22(29)24-21(26)16-8-9-19(27-2)20(14-16)28-3/h4-9,14-15H,10-13H2,1-3H3,(H2,23,24,26,29). The Morgan fingerprint density at radius 1 is 1.07 bits per heavy atom. The number of nitrogens with zero attached hydrogens (tertiary/aromatic N) is 1. The largest absolute Gasteiger partial charge is 0.493 e. The zero-order valence-corrected chi connectivity index (χ0v) is 17.8. The molecule has 154 valence electrons. The van der Waals surface area contributed by atoms with E-state index in [-0.39, 0.29) is 11.0 Å². The maximum atomic E-state index is 12.6. The number of methoxy groups -OCH3 is 2. The fourth-order valence-electron chi connectivity index (χ4n) is 3.41. The molecule has 0 radical (unpaired) electrons. The normalized spacial score (nSPS) is 14.2. The molecule has 0 aromatic heterocycles. The fourth-order valence-corrected chi connectivity index (χ4v) is 3.61. The van der Waals surface area contributed by atoms with Gasteiger partial charge in [0.1, 0.15) is 0 Å². The van der Waals surface area contributed by atoms with Gasteiger partial charge in [-0.15, -0.1) is 0 Å². The van der Waals surface area contributed by atoms with Crippen molar-refractivity contribution in [1.29, 1.82) is 0 Å². The number of ether oxygens (including phenoxy) is 2. The summed E-state index contributed by atoms with van der Waals surface area (Å²) in [5.74, 6) is 1.50. The molecule has 1 amide bonds. The monoisotopic (exact) mass is 413 g/mol. The second-order valence-electron chi connectivity index (χ2n) is 7.16. The molecular weight excluding hydrogens is 386 g/mol. The minimum atomic E-state index is -0.312. The van der Waals surface area contributed by atoms with Gasteiger partial charge in [0.05, 0.1) is 25.6 Å². The molecule has 0 aliphatic carbocycles. The average molecular weight is 414 g/mol. The third-order valence-corrected chi connectivity index (χ3v) is 5.35. The van der Waals surface area contributed by atoms with E-state index < -0.39 is 0 Å². The van der Waals surface area contributed by atoms with Crippen molar-refractivity contribution in [3.8, 4) is 11.5 Å². The second-order valence-corrected chi connectivity index (χ2v) is 7.57. The number of hydrogen-bond donors (Lipinski definition) is 2. The summed E-state index contributed by atoms with van der Waals surface area (Å²) < 4.78 is 10.5. The molecule has 1 heterocycles. The first-order valence-electron chi connectivity index (χ1n) is 9.70. The van der Waals surface area contributed by atoms with Gasteiger partial charge in [0, 0.05) is 18.7 Å². The van der Waals surface area contributed by atoms with E-state index in [0.717, 1.165) is 30.4 Å². The summed E-state index contributed by atoms with van der Waals surface area (Å²) in [4.78, 5) is 15.0. The van der Waals surface area contributed by atoms with Crippen LogP contribution >= 0.6 is 12.2 Å². The van der Waals surface area contributed by atoms with Crippen LogP contribution in [0.4, 0.5) is 11.4 Å². The number of nitrogens with one attached hydrogen (secondary N) is 2. The number of para-hydroxylation sites is 2. The maximum absolute atomic E-state index is 12.6. The summed E-state index contributed by atoms with van der Waals surface area (Å²) >= 11 is 5.38. The molecule has 2 aromatic carbocycles. The maximum Gasteiger partial charge on any atom is 0.257 e. The number of carbonyl (C=O) groups is 1. The topological polar surface area (TPSA) is 62.8 Å². The quantitative estimate of drug-likeness (QED) is 0.721. The van der Waals surface area contributed by atoms with Crippen LogP contribution in [0.3, 0.4) is 0 Å². The molecule has 1 saturated heterocycles. The molecule has 0 saturated carbocycles. The summed E-state index contributed by atoms with van der Waals surface area (Å²) in [5, 5.41) is 6.16. The van der Waals surface area contributed by atoms with Crippen LogP contribution in [0.1, 0.15) is 30.1 Å². The highest BCUT2D eigenvalue weighted by molar-refractivity contribution is 7.80. The molecule has 1 fully saturated rings. The van der Waals surface area contributed by atoms with E-state index >= 15 is 0 Å². The zero-order valence-electron chi connectivity index (χ0n) is 17.0. The van der Waals surface area contributed by atoms with Gasteiger partial charge in [0.25, 0.3) is 5.91 Å². The number of carbonyl (C=O) groups excluding carboxylic acids is 1. The third-order valence-electron chi connectivity index (χ3n) is 5.15. The van der Waals surface area contributed by atoms with Crippen LogP contribution in [0.15, 0.2) is 42.5 Å². The van der Waals surface area contributed by atoms with E-state index in [1.54, 1.807) is 25.3 Å². The zero-order chi connectivity index (χ0) is 20.8. The predicted molar refractivity (Wildman–Crippen MR) is 120 cm³/mol. The third kappa shape index (κ3) is 5.17. The number of thiocarbonyl (C=S) groups is 1. The Balaban J connectivity index is 1.67. The number of anilines is 2. The van der Waals surface area contributed by atoms with Gasteiger partial charge in [0.15, 0.2) is 16.6 Å². The van der Waals surface area contributed by atoms with Gasteiger partial charge in [-0.3, -0.25) is 10.1 Å². The predicted octanol–water partition coefficient (Wildman–Crippen LogP) is 4.07. The van der Waals surface area contributed by atoms with Crippen molar-refractivity contribution < 1.29 is 14.3 Å². The van der Waals surface area contributed by atoms with Crippen molar-refractivity contribution in [2.45, 2.75) is 19.8 Å². The van der Waals surface area contributed by atoms with Crippen LogP contribution in [0.25, 0.3) is 0 Å². The van der Waals surface area contributed by atoms with Crippen molar-refractivity contribution in [3.05, 3.63) is 48.0 Å². The summed E-state index contributed by atoms with van der Waals surface area (Å²) in [6, 6.07) is 13.0. The van der Waals surface area contributed by atoms with Crippen molar-refractivity contribution in [3.63, 3.8) is 0 Å². The van der Waals surface area contributed by atoms with Crippen molar-refractivity contribution in [1.82, 2.24) is 5.32 Å². The van der Waals surface area contributed by atoms with Gasteiger partial charge in [-0.05, 0) is 61.3 Å². The molecule has 0 atom stereocenters. The molecule has 1 aliphatic heterocycles. The SMILES string of the molecule is COc1ccc(C(=O)NC(=S)Nc2ccccc2N2CCC(C)CC2)cc1OC. The summed E-state index contributed by atoms with van der Waals surface area (Å²) in [7, 11) is 3.08. The Kier molecular flexibility index (Phi) is 6.93. The van der Waals surface area contributed by atoms with E-state index in [1.165, 1.54) is 20.0 Å². The number of amides is 1. The average Bonchev–Trinajstić information content (AvgIpc) is 2.74. The van der Waals surface area contributed by atoms with E-state index in [1.807, 2.05) is 18.2 Å². The molecule has 2 aromatic rings. The number of hydrogen-bond acceptors (Lipinski definition) is 5. The molecule has 29 heavy (non-hydrogen) atoms. The first kappa shape index (κ1) is 20.9. The first-order valence-corrected chi connectivity index (χ1v) is 10.1. The van der Waals surface area contributed by atoms with Crippen LogP contribution in [0.5, 0.6) is 11.5 Å². The Morgan fingerprint density at radius 2 is 1.76 bits per heavy atom. The molecule has 2 N–H and O–H groups in total. The smallest absolute Gasteiger partial charge is 0.257 e. The van der Waals surface area contributed by atoms with Crippen molar-refractivity contribution in [2.24, 2.45) is 5.92 Å². The lowest BCUT2D eigenvalue weighted by molar-refractivity contribution is 0.0977. The van der Waals surface area contributed by atoms with Gasteiger partial charge >= 0.3 is 0 Å². The lowest BCUT2D eigenvalue weighted by Crippen LogP contribution is -2.36. The molecule has 0 bridgehead atoms. The minimum Gasteiger partial charge on any atom is -0.493 e. The summed E-state index contributed by atoms with van der Waals surface area (Å²) in [6.45, 7) is 4.33. The summed E-state index contributed by atoms with van der Waals surface area (Å²) in [5.41, 5.74) is 2.42. The highest BCUT2D eigenvalue weighted by Crippen LogP contribution is 2.30. The second kappa shape index (κ2) is 9.60. The molecular formula is C22H27N3O3S. The van der Waals surface area contributed by atoms with Crippen molar-refractivity contribution in [2.75, 3.05) is 37.5 Å². The van der Waals surface area contributed by atoms with E-state index in [2.05, 4.69) is 28.5 Å². The number of benzene rings is 2. The van der Waals surface area contributed by atoms with E-state index in [4.69, 9.17) is 21.7 Å². The van der Waals surface area contributed by atoms with Crippen LogP contribution in [0.2, 0.25) is 0 Å². The molecule has 6 nitrogen and oxygen atoms in total. The summed E-state index contributed by atoms with van der Waals surface area (Å²) in [6.07, 6.45) is 2.35. The fraction of sp³-hybridized carbons (Fsp3) is 0.364. The van der Waals surface area contributed by atoms with Crippen LogP contribution in [-0.4, -0.2) is 38.3 Å². The highest BCUT2D eigenvalue weighted by Gasteiger charge is 2.19. The van der Waals surface area contributed by atoms with Gasteiger partial charge < -0.3 is 19.7 Å². The molecule has 1 aliphatic rings. The Labute approximate surface area is 177 Å². The first-order chi connectivity index (χ1) is 14.0. The van der Waals surface area contributed by atoms with Gasteiger partial charge in [-0.2, -0.15) is 0 Å². The minimum absolute atomic E-state index is 0.252. The van der Waals surface area contributed by atoms with E-state index in [0.29, 0.717) is 17.1 Å². The molecule has 0 spiro atoms. The van der Waals surface area contributed by atoms with Crippen LogP contribution in [-0.2, 0) is 0 Å². The van der Waals surface area contributed by atoms with Gasteiger partial charge in [0.2, 0.25) is 0 Å². The molecule has 0 unspecified atom stereocenters. The van der Waals surface area contributed by atoms with E-state index in [9.17, 15) is 4.79 Å². The highest BCUT2D eigenvalue weighted by atomic mass is 32.1. The Bertz CT molecular complexity index is 879. The van der Waals surface area contributed by atoms with Gasteiger partial charge in [-0.1, -0.05) is 19.1 Å². The van der Waals surface area contributed by atoms with Gasteiger partial charge in [-0.25, -0.2) is 0 Å². The Morgan fingerprint density at radius 3 is 2.45 bits per heavy atom. The number of rotatable bonds is 5.